The molecule has 1 aromatic carbocycles. The Labute approximate surface area is 133 Å². The Kier molecular flexibility index (Phi) is 3.64. The lowest BCUT2D eigenvalue weighted by Crippen LogP contribution is -2.08. The largest absolute Gasteiger partial charge is 0.391 e. The maximum Gasteiger partial charge on any atom is 0.167 e. The first kappa shape index (κ1) is 14.1. The number of ether oxygens (including phenoxy) is 1. The molecule has 1 aliphatic rings. The van der Waals surface area contributed by atoms with Gasteiger partial charge < -0.3 is 15.2 Å². The molecule has 118 valence electrons. The van der Waals surface area contributed by atoms with Crippen molar-refractivity contribution in [3.05, 3.63) is 48.5 Å². The van der Waals surface area contributed by atoms with E-state index < -0.39 is 6.10 Å². The summed E-state index contributed by atoms with van der Waals surface area (Å²) in [6, 6.07) is 10.1. The van der Waals surface area contributed by atoms with E-state index >= 15 is 0 Å². The third-order valence-corrected chi connectivity index (χ3v) is 3.93. The van der Waals surface area contributed by atoms with Crippen LogP contribution in [0.4, 0.5) is 5.82 Å². The lowest BCUT2D eigenvalue weighted by Gasteiger charge is -2.11. The van der Waals surface area contributed by atoms with Crippen LogP contribution in [0.5, 0.6) is 0 Å². The third kappa shape index (κ3) is 2.76. The topological polar surface area (TPSA) is 85.1 Å². The van der Waals surface area contributed by atoms with Crippen LogP contribution in [-0.4, -0.2) is 37.3 Å². The van der Waals surface area contributed by atoms with Crippen molar-refractivity contribution in [2.75, 3.05) is 11.9 Å². The maximum absolute atomic E-state index is 9.63. The Hall–Kier alpha value is -2.51. The van der Waals surface area contributed by atoms with E-state index in [2.05, 4.69) is 32.4 Å². The lowest BCUT2D eigenvalue weighted by molar-refractivity contribution is 0.0502. The van der Waals surface area contributed by atoms with Crippen LogP contribution in [0, 0.1) is 0 Å². The van der Waals surface area contributed by atoms with Gasteiger partial charge in [0.1, 0.15) is 12.6 Å². The first-order chi connectivity index (χ1) is 11.3. The highest BCUT2D eigenvalue weighted by atomic mass is 16.5. The van der Waals surface area contributed by atoms with E-state index in [1.807, 2.05) is 22.8 Å². The molecular formula is C16H17N5O2. The number of aromatic nitrogens is 4. The fourth-order valence-corrected chi connectivity index (χ4v) is 2.76. The first-order valence-corrected chi connectivity index (χ1v) is 7.56. The third-order valence-electron chi connectivity index (χ3n) is 3.93. The summed E-state index contributed by atoms with van der Waals surface area (Å²) in [6.45, 7) is 1.01. The van der Waals surface area contributed by atoms with Gasteiger partial charge in [0.2, 0.25) is 0 Å². The van der Waals surface area contributed by atoms with Crippen LogP contribution in [0.15, 0.2) is 43.0 Å². The van der Waals surface area contributed by atoms with Gasteiger partial charge in [-0.05, 0) is 5.56 Å². The summed E-state index contributed by atoms with van der Waals surface area (Å²) >= 11 is 0. The Bertz CT molecular complexity index is 805. The standard InChI is InChI=1S/C16H17N5O2/c22-12-6-13(23-8-12)21-10-20-14-15(18-9-19-16(14)21)17-7-11-4-2-1-3-5-11/h1-5,9-10,12-13,22H,6-8H2,(H,17,18,19)/t12-,13+/m0/s1. The van der Waals surface area contributed by atoms with E-state index in [0.29, 0.717) is 36.6 Å². The molecule has 23 heavy (non-hydrogen) atoms. The Balaban J connectivity index is 1.60. The molecule has 0 aliphatic carbocycles. The number of aliphatic hydroxyl groups is 1. The summed E-state index contributed by atoms with van der Waals surface area (Å²) < 4.78 is 7.43. The van der Waals surface area contributed by atoms with Gasteiger partial charge >= 0.3 is 0 Å². The molecule has 7 nitrogen and oxygen atoms in total. The monoisotopic (exact) mass is 311 g/mol. The molecule has 0 radical (unpaired) electrons. The smallest absolute Gasteiger partial charge is 0.167 e. The van der Waals surface area contributed by atoms with Crippen LogP contribution >= 0.6 is 0 Å². The lowest BCUT2D eigenvalue weighted by atomic mass is 10.2. The van der Waals surface area contributed by atoms with Crippen LogP contribution in [0.2, 0.25) is 0 Å². The Morgan fingerprint density at radius 1 is 1.22 bits per heavy atom. The molecule has 1 saturated heterocycles. The van der Waals surface area contributed by atoms with Gasteiger partial charge in [-0.25, -0.2) is 15.0 Å². The van der Waals surface area contributed by atoms with Crippen molar-refractivity contribution >= 4 is 17.0 Å². The SMILES string of the molecule is O[C@@H]1CO[C@@H](n2cnc3c(NCc4ccccc4)ncnc32)C1. The van der Waals surface area contributed by atoms with Gasteiger partial charge in [0.15, 0.2) is 17.0 Å². The summed E-state index contributed by atoms with van der Waals surface area (Å²) in [6.07, 6.45) is 3.08. The summed E-state index contributed by atoms with van der Waals surface area (Å²) in [4.78, 5) is 13.0. The van der Waals surface area contributed by atoms with Crippen molar-refractivity contribution < 1.29 is 9.84 Å². The molecule has 2 atom stereocenters. The van der Waals surface area contributed by atoms with E-state index in [1.54, 1.807) is 6.33 Å². The second kappa shape index (κ2) is 5.94. The van der Waals surface area contributed by atoms with E-state index in [4.69, 9.17) is 4.74 Å². The molecule has 0 spiro atoms. The Morgan fingerprint density at radius 3 is 2.87 bits per heavy atom. The number of anilines is 1. The van der Waals surface area contributed by atoms with E-state index in [0.717, 1.165) is 0 Å². The molecule has 0 bridgehead atoms. The van der Waals surface area contributed by atoms with E-state index in [1.165, 1.54) is 11.9 Å². The van der Waals surface area contributed by atoms with Crippen LogP contribution in [0.25, 0.3) is 11.2 Å². The summed E-state index contributed by atoms with van der Waals surface area (Å²) in [5, 5.41) is 12.9. The predicted molar refractivity (Wildman–Crippen MR) is 84.7 cm³/mol. The number of rotatable bonds is 4. The summed E-state index contributed by atoms with van der Waals surface area (Å²) in [5.74, 6) is 0.691. The first-order valence-electron chi connectivity index (χ1n) is 7.56. The van der Waals surface area contributed by atoms with Gasteiger partial charge in [-0.1, -0.05) is 30.3 Å². The fraction of sp³-hybridized carbons (Fsp3) is 0.312. The van der Waals surface area contributed by atoms with Crippen molar-refractivity contribution in [1.82, 2.24) is 19.5 Å². The van der Waals surface area contributed by atoms with Crippen LogP contribution < -0.4 is 5.32 Å². The van der Waals surface area contributed by atoms with Gasteiger partial charge in [0, 0.05) is 13.0 Å². The zero-order valence-electron chi connectivity index (χ0n) is 12.5. The van der Waals surface area contributed by atoms with E-state index in [9.17, 15) is 5.11 Å². The molecule has 1 fully saturated rings. The number of nitrogens with one attached hydrogen (secondary N) is 1. The van der Waals surface area contributed by atoms with Gasteiger partial charge in [-0.3, -0.25) is 4.57 Å². The number of benzene rings is 1. The molecule has 7 heteroatoms. The van der Waals surface area contributed by atoms with Gasteiger partial charge in [-0.15, -0.1) is 0 Å². The minimum atomic E-state index is -0.435. The average Bonchev–Trinajstić information content (AvgIpc) is 3.20. The van der Waals surface area contributed by atoms with Gasteiger partial charge in [-0.2, -0.15) is 0 Å². The van der Waals surface area contributed by atoms with Crippen molar-refractivity contribution in [3.8, 4) is 0 Å². The van der Waals surface area contributed by atoms with Gasteiger partial charge in [0.05, 0.1) is 19.0 Å². The number of nitrogens with zero attached hydrogens (tertiary/aromatic N) is 4. The molecule has 2 N–H and O–H groups in total. The number of imidazole rings is 1. The highest BCUT2D eigenvalue weighted by molar-refractivity contribution is 5.82. The normalized spacial score (nSPS) is 20.9. The minimum Gasteiger partial charge on any atom is -0.391 e. The van der Waals surface area contributed by atoms with Crippen molar-refractivity contribution in [1.29, 1.82) is 0 Å². The quantitative estimate of drug-likeness (QED) is 0.763. The number of hydrogen-bond donors (Lipinski definition) is 2. The van der Waals surface area contributed by atoms with Crippen molar-refractivity contribution in [2.45, 2.75) is 25.3 Å². The maximum atomic E-state index is 9.63. The van der Waals surface area contributed by atoms with E-state index in [-0.39, 0.29) is 6.23 Å². The number of fused-ring (bicyclic) bond motifs is 1. The highest BCUT2D eigenvalue weighted by Gasteiger charge is 2.27. The molecule has 3 heterocycles. The molecular weight excluding hydrogens is 294 g/mol. The summed E-state index contributed by atoms with van der Waals surface area (Å²) in [7, 11) is 0. The second-order valence-electron chi connectivity index (χ2n) is 5.56. The number of aliphatic hydroxyl groups excluding tert-OH is 1. The molecule has 0 amide bonds. The predicted octanol–water partition coefficient (Wildman–Crippen LogP) is 1.72. The number of hydrogen-bond acceptors (Lipinski definition) is 6. The minimum absolute atomic E-state index is 0.230. The van der Waals surface area contributed by atoms with Crippen molar-refractivity contribution in [3.63, 3.8) is 0 Å². The summed E-state index contributed by atoms with van der Waals surface area (Å²) in [5.41, 5.74) is 2.57. The molecule has 4 rings (SSSR count). The van der Waals surface area contributed by atoms with Crippen LogP contribution in [-0.2, 0) is 11.3 Å². The fourth-order valence-electron chi connectivity index (χ4n) is 2.76. The second-order valence-corrected chi connectivity index (χ2v) is 5.56. The zero-order valence-corrected chi connectivity index (χ0v) is 12.5. The highest BCUT2D eigenvalue weighted by Crippen LogP contribution is 2.28. The van der Waals surface area contributed by atoms with Gasteiger partial charge in [0.25, 0.3) is 0 Å². The van der Waals surface area contributed by atoms with Crippen molar-refractivity contribution in [2.24, 2.45) is 0 Å². The van der Waals surface area contributed by atoms with Crippen LogP contribution in [0.1, 0.15) is 18.2 Å². The molecule has 1 aliphatic heterocycles. The molecule has 0 unspecified atom stereocenters. The molecule has 2 aromatic heterocycles. The average molecular weight is 311 g/mol. The molecule has 0 saturated carbocycles. The zero-order chi connectivity index (χ0) is 15.6. The molecule has 3 aromatic rings. The Morgan fingerprint density at radius 2 is 2.09 bits per heavy atom. The van der Waals surface area contributed by atoms with Crippen LogP contribution in [0.3, 0.4) is 0 Å².